The standard InChI is InChI=1S/C15H23N3O3/c1-18(2)10-6-9-16-15(21-4)17-14(19)12-7-5-8-13(11-12)20-3/h5,7-8,11H,6,9-10H2,1-4H3,(H,16,17,19). The van der Waals surface area contributed by atoms with E-state index < -0.39 is 0 Å². The lowest BCUT2D eigenvalue weighted by molar-refractivity contribution is 0.0968. The van der Waals surface area contributed by atoms with E-state index in [1.807, 2.05) is 14.1 Å². The predicted octanol–water partition coefficient (Wildman–Crippen LogP) is 1.38. The molecule has 0 radical (unpaired) electrons. The highest BCUT2D eigenvalue weighted by Gasteiger charge is 2.09. The van der Waals surface area contributed by atoms with Crippen LogP contribution in [0.4, 0.5) is 0 Å². The van der Waals surface area contributed by atoms with Gasteiger partial charge in [-0.05, 0) is 45.3 Å². The lowest BCUT2D eigenvalue weighted by Gasteiger charge is -2.09. The molecule has 0 aliphatic rings. The topological polar surface area (TPSA) is 63.2 Å². The van der Waals surface area contributed by atoms with Crippen LogP contribution < -0.4 is 10.1 Å². The smallest absolute Gasteiger partial charge is 0.291 e. The van der Waals surface area contributed by atoms with Crippen LogP contribution in [0.2, 0.25) is 0 Å². The predicted molar refractivity (Wildman–Crippen MR) is 82.9 cm³/mol. The molecule has 0 unspecified atom stereocenters. The Morgan fingerprint density at radius 2 is 2.10 bits per heavy atom. The zero-order chi connectivity index (χ0) is 15.7. The van der Waals surface area contributed by atoms with Gasteiger partial charge in [0.25, 0.3) is 11.9 Å². The van der Waals surface area contributed by atoms with Gasteiger partial charge in [0, 0.05) is 12.1 Å². The van der Waals surface area contributed by atoms with Gasteiger partial charge in [-0.15, -0.1) is 0 Å². The first kappa shape index (κ1) is 17.0. The van der Waals surface area contributed by atoms with Crippen molar-refractivity contribution in [2.45, 2.75) is 6.42 Å². The van der Waals surface area contributed by atoms with Crippen molar-refractivity contribution in [2.24, 2.45) is 4.99 Å². The molecule has 0 fully saturated rings. The molecule has 1 N–H and O–H groups in total. The maximum absolute atomic E-state index is 12.1. The first-order valence-corrected chi connectivity index (χ1v) is 6.75. The number of benzene rings is 1. The highest BCUT2D eigenvalue weighted by Crippen LogP contribution is 2.12. The monoisotopic (exact) mass is 293 g/mol. The molecule has 0 saturated heterocycles. The van der Waals surface area contributed by atoms with Gasteiger partial charge in [-0.2, -0.15) is 0 Å². The number of amidine groups is 1. The molecule has 1 aromatic carbocycles. The van der Waals surface area contributed by atoms with Gasteiger partial charge in [0.05, 0.1) is 14.2 Å². The van der Waals surface area contributed by atoms with Gasteiger partial charge >= 0.3 is 0 Å². The average molecular weight is 293 g/mol. The number of carbonyl (C=O) groups is 1. The minimum atomic E-state index is -0.276. The number of carbonyl (C=O) groups excluding carboxylic acids is 1. The number of hydrogen-bond donors (Lipinski definition) is 1. The summed E-state index contributed by atoms with van der Waals surface area (Å²) in [6.45, 7) is 1.53. The van der Waals surface area contributed by atoms with E-state index in [9.17, 15) is 4.79 Å². The number of amides is 1. The van der Waals surface area contributed by atoms with Gasteiger partial charge < -0.3 is 14.4 Å². The van der Waals surface area contributed by atoms with Crippen molar-refractivity contribution in [3.8, 4) is 5.75 Å². The van der Waals surface area contributed by atoms with E-state index in [0.717, 1.165) is 13.0 Å². The summed E-state index contributed by atoms with van der Waals surface area (Å²) in [5.74, 6) is 0.353. The van der Waals surface area contributed by atoms with E-state index in [1.54, 1.807) is 31.4 Å². The summed E-state index contributed by atoms with van der Waals surface area (Å²) in [7, 11) is 7.05. The highest BCUT2D eigenvalue weighted by molar-refractivity contribution is 6.04. The molecule has 0 heterocycles. The third-order valence-electron chi connectivity index (χ3n) is 2.76. The Kier molecular flexibility index (Phi) is 7.25. The molecule has 0 saturated carbocycles. The maximum atomic E-state index is 12.1. The zero-order valence-corrected chi connectivity index (χ0v) is 13.0. The minimum absolute atomic E-state index is 0.224. The van der Waals surface area contributed by atoms with E-state index >= 15 is 0 Å². The van der Waals surface area contributed by atoms with Crippen LogP contribution >= 0.6 is 0 Å². The molecule has 0 spiro atoms. The van der Waals surface area contributed by atoms with Gasteiger partial charge in [0.1, 0.15) is 5.75 Å². The molecular weight excluding hydrogens is 270 g/mol. The Labute approximate surface area is 125 Å². The fraction of sp³-hybridized carbons (Fsp3) is 0.467. The van der Waals surface area contributed by atoms with Gasteiger partial charge in [-0.1, -0.05) is 6.07 Å². The third-order valence-corrected chi connectivity index (χ3v) is 2.76. The van der Waals surface area contributed by atoms with Crippen molar-refractivity contribution in [3.63, 3.8) is 0 Å². The molecule has 116 valence electrons. The SMILES string of the molecule is COC(=NCCCN(C)C)NC(=O)c1cccc(OC)c1. The van der Waals surface area contributed by atoms with E-state index in [1.165, 1.54) is 7.11 Å². The molecule has 0 aromatic heterocycles. The Bertz CT molecular complexity index is 487. The van der Waals surface area contributed by atoms with Gasteiger partial charge in [-0.25, -0.2) is 4.99 Å². The van der Waals surface area contributed by atoms with E-state index in [4.69, 9.17) is 9.47 Å². The second kappa shape index (κ2) is 8.97. The summed E-state index contributed by atoms with van der Waals surface area (Å²) >= 11 is 0. The van der Waals surface area contributed by atoms with Crippen LogP contribution in [0.5, 0.6) is 5.75 Å². The Morgan fingerprint density at radius 1 is 1.33 bits per heavy atom. The molecule has 0 aliphatic carbocycles. The lowest BCUT2D eigenvalue weighted by Crippen LogP contribution is -2.32. The largest absolute Gasteiger partial charge is 0.497 e. The van der Waals surface area contributed by atoms with Crippen LogP contribution in [-0.2, 0) is 4.74 Å². The van der Waals surface area contributed by atoms with Gasteiger partial charge in [0.15, 0.2) is 0 Å². The Balaban J connectivity index is 2.59. The van der Waals surface area contributed by atoms with Crippen molar-refractivity contribution in [2.75, 3.05) is 41.4 Å². The second-order valence-electron chi connectivity index (χ2n) is 4.73. The van der Waals surface area contributed by atoms with Crippen molar-refractivity contribution < 1.29 is 14.3 Å². The number of nitrogens with one attached hydrogen (secondary N) is 1. The summed E-state index contributed by atoms with van der Waals surface area (Å²) < 4.78 is 10.2. The molecule has 1 rings (SSSR count). The van der Waals surface area contributed by atoms with Crippen LogP contribution in [0, 0.1) is 0 Å². The average Bonchev–Trinajstić information content (AvgIpc) is 2.49. The molecular formula is C15H23N3O3. The molecule has 1 amide bonds. The molecule has 0 aliphatic heterocycles. The van der Waals surface area contributed by atoms with Crippen molar-refractivity contribution in [1.29, 1.82) is 0 Å². The van der Waals surface area contributed by atoms with Crippen LogP contribution in [0.25, 0.3) is 0 Å². The lowest BCUT2D eigenvalue weighted by atomic mass is 10.2. The second-order valence-corrected chi connectivity index (χ2v) is 4.73. The van der Waals surface area contributed by atoms with Crippen LogP contribution in [0.15, 0.2) is 29.3 Å². The maximum Gasteiger partial charge on any atom is 0.291 e. The number of rotatable bonds is 6. The van der Waals surface area contributed by atoms with Gasteiger partial charge in [-0.3, -0.25) is 10.1 Å². The molecule has 0 atom stereocenters. The van der Waals surface area contributed by atoms with Gasteiger partial charge in [0.2, 0.25) is 0 Å². The van der Waals surface area contributed by atoms with Crippen LogP contribution in [-0.4, -0.2) is 58.2 Å². The number of nitrogens with zero attached hydrogens (tertiary/aromatic N) is 2. The van der Waals surface area contributed by atoms with Crippen LogP contribution in [0.1, 0.15) is 16.8 Å². The highest BCUT2D eigenvalue weighted by atomic mass is 16.5. The van der Waals surface area contributed by atoms with Crippen molar-refractivity contribution in [3.05, 3.63) is 29.8 Å². The number of hydrogen-bond acceptors (Lipinski definition) is 5. The number of ether oxygens (including phenoxy) is 2. The summed E-state index contributed by atoms with van der Waals surface area (Å²) in [6, 6.07) is 7.13. The normalized spacial score (nSPS) is 11.4. The number of methoxy groups -OCH3 is 2. The quantitative estimate of drug-likeness (QED) is 0.489. The fourth-order valence-corrected chi connectivity index (χ4v) is 1.66. The molecule has 0 bridgehead atoms. The fourth-order valence-electron chi connectivity index (χ4n) is 1.66. The van der Waals surface area contributed by atoms with E-state index in [2.05, 4.69) is 15.2 Å². The molecule has 1 aromatic rings. The number of aliphatic imine (C=N–C) groups is 1. The molecule has 21 heavy (non-hydrogen) atoms. The first-order valence-electron chi connectivity index (χ1n) is 6.75. The summed E-state index contributed by atoms with van der Waals surface area (Å²) in [5.41, 5.74) is 0.493. The van der Waals surface area contributed by atoms with E-state index in [-0.39, 0.29) is 11.9 Å². The molecule has 6 nitrogen and oxygen atoms in total. The third kappa shape index (κ3) is 6.27. The Hall–Kier alpha value is -2.08. The minimum Gasteiger partial charge on any atom is -0.497 e. The zero-order valence-electron chi connectivity index (χ0n) is 13.0. The summed E-state index contributed by atoms with van der Waals surface area (Å²) in [6.07, 6.45) is 0.898. The van der Waals surface area contributed by atoms with Crippen LogP contribution in [0.3, 0.4) is 0 Å². The van der Waals surface area contributed by atoms with Crippen molar-refractivity contribution in [1.82, 2.24) is 10.2 Å². The summed E-state index contributed by atoms with van der Waals surface area (Å²) in [4.78, 5) is 18.4. The summed E-state index contributed by atoms with van der Waals surface area (Å²) in [5, 5.41) is 2.64. The van der Waals surface area contributed by atoms with Crippen molar-refractivity contribution >= 4 is 11.9 Å². The Morgan fingerprint density at radius 3 is 2.71 bits per heavy atom. The molecule has 6 heteroatoms. The van der Waals surface area contributed by atoms with E-state index in [0.29, 0.717) is 17.9 Å². The first-order chi connectivity index (χ1) is 10.1.